The number of benzene rings is 6. The van der Waals surface area contributed by atoms with Crippen LogP contribution >= 0.6 is 11.3 Å². The lowest BCUT2D eigenvalue weighted by molar-refractivity contribution is 1.51. The van der Waals surface area contributed by atoms with E-state index in [0.29, 0.717) is 0 Å². The SMILES string of the molecule is Cc1ccc2cc3cc4c(cc3cc2c1)sc1cc2cc3cc(C)ccc3cc2cc14. The molecule has 0 aliphatic carbocycles. The molecule has 0 bridgehead atoms. The summed E-state index contributed by atoms with van der Waals surface area (Å²) >= 11 is 1.91. The standard InChI is InChI=1S/C30H20S/c1-17-3-5-19-9-23-13-27-28-14-24-10-20-6-4-18(2)8-22(20)12-26(24)16-30(28)31-29(27)15-25(23)11-21(19)7-17/h3-16H,1-2H3. The third-order valence-electron chi connectivity index (χ3n) is 6.61. The molecule has 1 heterocycles. The minimum absolute atomic E-state index is 1.31. The zero-order chi connectivity index (χ0) is 20.7. The first kappa shape index (κ1) is 17.3. The topological polar surface area (TPSA) is 0 Å². The summed E-state index contributed by atoms with van der Waals surface area (Å²) in [6.07, 6.45) is 0. The summed E-state index contributed by atoms with van der Waals surface area (Å²) in [4.78, 5) is 0. The van der Waals surface area contributed by atoms with Crippen LogP contribution in [0, 0.1) is 13.8 Å². The molecule has 0 nitrogen and oxygen atoms in total. The molecule has 7 aromatic rings. The Bertz CT molecular complexity index is 1710. The van der Waals surface area contributed by atoms with Gasteiger partial charge in [-0.25, -0.2) is 0 Å². The summed E-state index contributed by atoms with van der Waals surface area (Å²) in [6, 6.07) is 32.3. The monoisotopic (exact) mass is 412 g/mol. The maximum absolute atomic E-state index is 2.39. The molecule has 0 aliphatic rings. The second-order valence-electron chi connectivity index (χ2n) is 8.90. The molecule has 0 atom stereocenters. The van der Waals surface area contributed by atoms with Crippen molar-refractivity contribution in [1.82, 2.24) is 0 Å². The van der Waals surface area contributed by atoms with Gasteiger partial charge in [-0.15, -0.1) is 11.3 Å². The van der Waals surface area contributed by atoms with Gasteiger partial charge in [-0.3, -0.25) is 0 Å². The van der Waals surface area contributed by atoms with E-state index in [1.54, 1.807) is 0 Å². The Morgan fingerprint density at radius 3 is 1.26 bits per heavy atom. The molecule has 0 saturated heterocycles. The van der Waals surface area contributed by atoms with E-state index in [2.05, 4.69) is 98.8 Å². The van der Waals surface area contributed by atoms with Crippen LogP contribution in [0.5, 0.6) is 0 Å². The molecule has 1 heteroatoms. The Balaban J connectivity index is 1.55. The largest absolute Gasteiger partial charge is 0.135 e. The van der Waals surface area contributed by atoms with Gasteiger partial charge in [-0.05, 0) is 105 Å². The number of hydrogen-bond donors (Lipinski definition) is 0. The van der Waals surface area contributed by atoms with Crippen LogP contribution in [-0.2, 0) is 0 Å². The summed E-state index contributed by atoms with van der Waals surface area (Å²) in [5.74, 6) is 0. The summed E-state index contributed by atoms with van der Waals surface area (Å²) in [5, 5.41) is 13.3. The fourth-order valence-electron chi connectivity index (χ4n) is 5.00. The summed E-state index contributed by atoms with van der Waals surface area (Å²) in [5.41, 5.74) is 2.62. The van der Waals surface area contributed by atoms with E-state index in [9.17, 15) is 0 Å². The van der Waals surface area contributed by atoms with Crippen LogP contribution in [0.4, 0.5) is 0 Å². The smallest absolute Gasteiger partial charge is 0.0361 e. The van der Waals surface area contributed by atoms with E-state index >= 15 is 0 Å². The van der Waals surface area contributed by atoms with Gasteiger partial charge in [0.2, 0.25) is 0 Å². The molecule has 1 aromatic heterocycles. The van der Waals surface area contributed by atoms with Crippen molar-refractivity contribution in [3.8, 4) is 0 Å². The average molecular weight is 413 g/mol. The first-order valence-corrected chi connectivity index (χ1v) is 11.6. The lowest BCUT2D eigenvalue weighted by atomic mass is 9.98. The van der Waals surface area contributed by atoms with Crippen LogP contribution in [0.3, 0.4) is 0 Å². The van der Waals surface area contributed by atoms with Crippen LogP contribution in [0.2, 0.25) is 0 Å². The fraction of sp³-hybridized carbons (Fsp3) is 0.0667. The Morgan fingerprint density at radius 1 is 0.387 bits per heavy atom. The van der Waals surface area contributed by atoms with Gasteiger partial charge >= 0.3 is 0 Å². The molecule has 6 aromatic carbocycles. The summed E-state index contributed by atoms with van der Waals surface area (Å²) in [6.45, 7) is 4.32. The van der Waals surface area contributed by atoms with E-state index < -0.39 is 0 Å². The minimum Gasteiger partial charge on any atom is -0.135 e. The van der Waals surface area contributed by atoms with Gasteiger partial charge in [0.15, 0.2) is 0 Å². The van der Waals surface area contributed by atoms with Crippen molar-refractivity contribution in [2.75, 3.05) is 0 Å². The lowest BCUT2D eigenvalue weighted by Gasteiger charge is -2.05. The summed E-state index contributed by atoms with van der Waals surface area (Å²) < 4.78 is 2.73. The molecular formula is C30H20S. The first-order valence-electron chi connectivity index (χ1n) is 10.8. The van der Waals surface area contributed by atoms with E-state index in [-0.39, 0.29) is 0 Å². The molecule has 0 fully saturated rings. The highest BCUT2D eigenvalue weighted by Gasteiger charge is 2.10. The highest BCUT2D eigenvalue weighted by molar-refractivity contribution is 7.26. The predicted octanol–water partition coefficient (Wildman–Crippen LogP) is 9.28. The maximum atomic E-state index is 2.39. The van der Waals surface area contributed by atoms with Crippen molar-refractivity contribution in [1.29, 1.82) is 0 Å². The molecule has 7 rings (SSSR count). The third kappa shape index (κ3) is 2.60. The molecular weight excluding hydrogens is 392 g/mol. The van der Waals surface area contributed by atoms with Crippen molar-refractivity contribution < 1.29 is 0 Å². The van der Waals surface area contributed by atoms with E-state index in [4.69, 9.17) is 0 Å². The molecule has 0 N–H and O–H groups in total. The van der Waals surface area contributed by atoms with Crippen molar-refractivity contribution in [3.05, 3.63) is 96.1 Å². The second-order valence-corrected chi connectivity index (χ2v) is 9.98. The molecule has 0 unspecified atom stereocenters. The fourth-order valence-corrected chi connectivity index (χ4v) is 6.17. The normalized spacial score (nSPS) is 12.2. The number of aryl methyl sites for hydroxylation is 2. The van der Waals surface area contributed by atoms with Crippen molar-refractivity contribution >= 4 is 74.6 Å². The molecule has 0 radical (unpaired) electrons. The average Bonchev–Trinajstić information content (AvgIpc) is 3.09. The molecule has 0 aliphatic heterocycles. The Labute approximate surface area is 184 Å². The van der Waals surface area contributed by atoms with Gasteiger partial charge in [-0.2, -0.15) is 0 Å². The van der Waals surface area contributed by atoms with Gasteiger partial charge < -0.3 is 0 Å². The summed E-state index contributed by atoms with van der Waals surface area (Å²) in [7, 11) is 0. The zero-order valence-electron chi connectivity index (χ0n) is 17.5. The van der Waals surface area contributed by atoms with Gasteiger partial charge in [0.05, 0.1) is 0 Å². The number of thiophene rings is 1. The number of fused-ring (bicyclic) bond motifs is 7. The van der Waals surface area contributed by atoms with Gasteiger partial charge in [0, 0.05) is 20.2 Å². The predicted molar refractivity (Wildman–Crippen MR) is 139 cm³/mol. The Hall–Kier alpha value is -3.42. The van der Waals surface area contributed by atoms with Gasteiger partial charge in [0.25, 0.3) is 0 Å². The first-order chi connectivity index (χ1) is 15.1. The second kappa shape index (κ2) is 6.06. The molecule has 0 saturated carbocycles. The van der Waals surface area contributed by atoms with Crippen LogP contribution in [0.1, 0.15) is 11.1 Å². The van der Waals surface area contributed by atoms with Crippen molar-refractivity contribution in [2.45, 2.75) is 13.8 Å². The van der Waals surface area contributed by atoms with Crippen LogP contribution in [-0.4, -0.2) is 0 Å². The van der Waals surface area contributed by atoms with E-state index in [0.717, 1.165) is 0 Å². The molecule has 0 amide bonds. The van der Waals surface area contributed by atoms with Crippen LogP contribution < -0.4 is 0 Å². The van der Waals surface area contributed by atoms with Gasteiger partial charge in [-0.1, -0.05) is 47.5 Å². The highest BCUT2D eigenvalue weighted by Crippen LogP contribution is 2.40. The minimum atomic E-state index is 1.31. The van der Waals surface area contributed by atoms with Crippen LogP contribution in [0.25, 0.3) is 63.3 Å². The Morgan fingerprint density at radius 2 is 0.774 bits per heavy atom. The number of rotatable bonds is 0. The molecule has 146 valence electrons. The Kier molecular flexibility index (Phi) is 3.38. The quantitative estimate of drug-likeness (QED) is 0.218. The highest BCUT2D eigenvalue weighted by atomic mass is 32.1. The van der Waals surface area contributed by atoms with Crippen LogP contribution in [0.15, 0.2) is 84.9 Å². The molecule has 0 spiro atoms. The molecule has 31 heavy (non-hydrogen) atoms. The zero-order valence-corrected chi connectivity index (χ0v) is 18.3. The van der Waals surface area contributed by atoms with Crippen molar-refractivity contribution in [3.63, 3.8) is 0 Å². The van der Waals surface area contributed by atoms with Gasteiger partial charge in [0.1, 0.15) is 0 Å². The van der Waals surface area contributed by atoms with Crippen molar-refractivity contribution in [2.24, 2.45) is 0 Å². The van der Waals surface area contributed by atoms with E-state index in [1.165, 1.54) is 74.4 Å². The third-order valence-corrected chi connectivity index (χ3v) is 7.72. The number of hydrogen-bond acceptors (Lipinski definition) is 1. The lowest BCUT2D eigenvalue weighted by Crippen LogP contribution is -1.79. The van der Waals surface area contributed by atoms with E-state index in [1.807, 2.05) is 11.3 Å². The maximum Gasteiger partial charge on any atom is 0.0361 e.